The standard InChI is InChI=1S/C15H16Cl2N2/c1-9-4-3-5-12(10(9)2)15(19-18)13-7-6-11(16)8-14(13)17/h3-8,15,19H,18H2,1-2H3. The van der Waals surface area contributed by atoms with E-state index in [0.29, 0.717) is 10.0 Å². The molecule has 100 valence electrons. The monoisotopic (exact) mass is 294 g/mol. The van der Waals surface area contributed by atoms with Gasteiger partial charge in [-0.3, -0.25) is 5.84 Å². The van der Waals surface area contributed by atoms with Crippen molar-refractivity contribution >= 4 is 23.2 Å². The highest BCUT2D eigenvalue weighted by atomic mass is 35.5. The van der Waals surface area contributed by atoms with Crippen LogP contribution >= 0.6 is 23.2 Å². The van der Waals surface area contributed by atoms with Gasteiger partial charge in [-0.15, -0.1) is 0 Å². The third-order valence-corrected chi connectivity index (χ3v) is 3.96. The van der Waals surface area contributed by atoms with Gasteiger partial charge in [-0.05, 0) is 48.2 Å². The van der Waals surface area contributed by atoms with Gasteiger partial charge in [0.25, 0.3) is 0 Å². The highest BCUT2D eigenvalue weighted by Gasteiger charge is 2.18. The molecule has 1 atom stereocenters. The van der Waals surface area contributed by atoms with Crippen molar-refractivity contribution in [3.05, 3.63) is 68.7 Å². The normalized spacial score (nSPS) is 12.5. The Morgan fingerprint density at radius 2 is 1.79 bits per heavy atom. The van der Waals surface area contributed by atoms with Crippen LogP contribution in [0.2, 0.25) is 10.0 Å². The second-order valence-electron chi connectivity index (χ2n) is 4.55. The van der Waals surface area contributed by atoms with Crippen LogP contribution in [0, 0.1) is 13.8 Å². The molecule has 2 rings (SSSR count). The first-order valence-corrected chi connectivity index (χ1v) is 6.77. The zero-order valence-electron chi connectivity index (χ0n) is 10.9. The number of halogens is 2. The molecule has 19 heavy (non-hydrogen) atoms. The summed E-state index contributed by atoms with van der Waals surface area (Å²) in [5.74, 6) is 5.72. The molecule has 0 aliphatic heterocycles. The molecule has 2 aromatic rings. The number of aryl methyl sites for hydroxylation is 1. The minimum atomic E-state index is -0.148. The molecule has 1 unspecified atom stereocenters. The highest BCUT2D eigenvalue weighted by Crippen LogP contribution is 2.32. The van der Waals surface area contributed by atoms with Crippen molar-refractivity contribution in [1.29, 1.82) is 0 Å². The van der Waals surface area contributed by atoms with Gasteiger partial charge in [0.05, 0.1) is 6.04 Å². The zero-order valence-corrected chi connectivity index (χ0v) is 12.4. The molecule has 0 aliphatic carbocycles. The maximum Gasteiger partial charge on any atom is 0.0727 e. The smallest absolute Gasteiger partial charge is 0.0727 e. The Morgan fingerprint density at radius 1 is 1.05 bits per heavy atom. The van der Waals surface area contributed by atoms with E-state index in [4.69, 9.17) is 29.0 Å². The summed E-state index contributed by atoms with van der Waals surface area (Å²) in [6.07, 6.45) is 0. The van der Waals surface area contributed by atoms with Crippen molar-refractivity contribution in [3.8, 4) is 0 Å². The predicted molar refractivity (Wildman–Crippen MR) is 81.5 cm³/mol. The largest absolute Gasteiger partial charge is 0.271 e. The summed E-state index contributed by atoms with van der Waals surface area (Å²) in [5.41, 5.74) is 7.30. The molecule has 0 saturated carbocycles. The number of benzene rings is 2. The zero-order chi connectivity index (χ0) is 14.0. The Balaban J connectivity index is 2.53. The van der Waals surface area contributed by atoms with E-state index in [9.17, 15) is 0 Å². The number of rotatable bonds is 3. The predicted octanol–water partition coefficient (Wildman–Crippen LogP) is 4.16. The van der Waals surface area contributed by atoms with Crippen LogP contribution in [-0.4, -0.2) is 0 Å². The summed E-state index contributed by atoms with van der Waals surface area (Å²) in [6.45, 7) is 4.16. The second-order valence-corrected chi connectivity index (χ2v) is 5.40. The fraction of sp³-hybridized carbons (Fsp3) is 0.200. The number of hydrogen-bond donors (Lipinski definition) is 2. The maximum absolute atomic E-state index is 6.27. The highest BCUT2D eigenvalue weighted by molar-refractivity contribution is 6.35. The van der Waals surface area contributed by atoms with Crippen molar-refractivity contribution in [2.24, 2.45) is 5.84 Å². The third kappa shape index (κ3) is 2.93. The Labute approximate surface area is 123 Å². The molecule has 0 heterocycles. The van der Waals surface area contributed by atoms with Crippen LogP contribution in [0.5, 0.6) is 0 Å². The fourth-order valence-electron chi connectivity index (χ4n) is 2.17. The van der Waals surface area contributed by atoms with Gasteiger partial charge in [0.2, 0.25) is 0 Å². The lowest BCUT2D eigenvalue weighted by Gasteiger charge is -2.21. The maximum atomic E-state index is 6.27. The summed E-state index contributed by atoms with van der Waals surface area (Å²) in [6, 6.07) is 11.5. The lowest BCUT2D eigenvalue weighted by Crippen LogP contribution is -2.29. The molecule has 0 bridgehead atoms. The molecule has 0 saturated heterocycles. The lowest BCUT2D eigenvalue weighted by atomic mass is 9.93. The number of hydrazine groups is 1. The summed E-state index contributed by atoms with van der Waals surface area (Å²) in [4.78, 5) is 0. The Hall–Kier alpha value is -1.06. The molecule has 0 fully saturated rings. The van der Waals surface area contributed by atoms with Gasteiger partial charge in [0.1, 0.15) is 0 Å². The third-order valence-electron chi connectivity index (χ3n) is 3.40. The van der Waals surface area contributed by atoms with Crippen LogP contribution in [0.3, 0.4) is 0 Å². The molecule has 3 N–H and O–H groups in total. The molecule has 0 aliphatic rings. The average Bonchev–Trinajstić information content (AvgIpc) is 2.37. The van der Waals surface area contributed by atoms with Crippen LogP contribution in [0.4, 0.5) is 0 Å². The summed E-state index contributed by atoms with van der Waals surface area (Å²) in [5, 5.41) is 1.22. The topological polar surface area (TPSA) is 38.0 Å². The van der Waals surface area contributed by atoms with Crippen LogP contribution in [0.15, 0.2) is 36.4 Å². The van der Waals surface area contributed by atoms with Gasteiger partial charge in [0.15, 0.2) is 0 Å². The minimum Gasteiger partial charge on any atom is -0.271 e. The molecule has 0 spiro atoms. The molecular formula is C15H16Cl2N2. The van der Waals surface area contributed by atoms with E-state index in [-0.39, 0.29) is 6.04 Å². The number of hydrogen-bond acceptors (Lipinski definition) is 2. The van der Waals surface area contributed by atoms with E-state index in [2.05, 4.69) is 31.4 Å². The van der Waals surface area contributed by atoms with Crippen molar-refractivity contribution in [3.63, 3.8) is 0 Å². The molecule has 2 nitrogen and oxygen atoms in total. The van der Waals surface area contributed by atoms with E-state index in [1.807, 2.05) is 18.2 Å². The quantitative estimate of drug-likeness (QED) is 0.659. The SMILES string of the molecule is Cc1cccc(C(NN)c2ccc(Cl)cc2Cl)c1C. The van der Waals surface area contributed by atoms with Gasteiger partial charge < -0.3 is 0 Å². The Kier molecular flexibility index (Phi) is 4.48. The number of nitrogens with one attached hydrogen (secondary N) is 1. The summed E-state index contributed by atoms with van der Waals surface area (Å²) < 4.78 is 0. The van der Waals surface area contributed by atoms with Gasteiger partial charge >= 0.3 is 0 Å². The van der Waals surface area contributed by atoms with Crippen molar-refractivity contribution in [2.75, 3.05) is 0 Å². The lowest BCUT2D eigenvalue weighted by molar-refractivity contribution is 0.633. The summed E-state index contributed by atoms with van der Waals surface area (Å²) >= 11 is 12.2. The van der Waals surface area contributed by atoms with Crippen LogP contribution in [0.1, 0.15) is 28.3 Å². The first-order chi connectivity index (χ1) is 9.04. The molecule has 2 aromatic carbocycles. The van der Waals surface area contributed by atoms with Gasteiger partial charge in [-0.1, -0.05) is 47.5 Å². The van der Waals surface area contributed by atoms with E-state index in [1.54, 1.807) is 6.07 Å². The van der Waals surface area contributed by atoms with Gasteiger partial charge in [-0.2, -0.15) is 0 Å². The van der Waals surface area contributed by atoms with Gasteiger partial charge in [0, 0.05) is 10.0 Å². The fourth-order valence-corrected chi connectivity index (χ4v) is 2.69. The Bertz CT molecular complexity index is 597. The van der Waals surface area contributed by atoms with Crippen LogP contribution < -0.4 is 11.3 Å². The number of nitrogens with two attached hydrogens (primary N) is 1. The molecular weight excluding hydrogens is 279 g/mol. The molecule has 0 radical (unpaired) electrons. The van der Waals surface area contributed by atoms with E-state index >= 15 is 0 Å². The summed E-state index contributed by atoms with van der Waals surface area (Å²) in [7, 11) is 0. The van der Waals surface area contributed by atoms with E-state index < -0.39 is 0 Å². The first kappa shape index (κ1) is 14.4. The Morgan fingerprint density at radius 3 is 2.42 bits per heavy atom. The van der Waals surface area contributed by atoms with E-state index in [1.165, 1.54) is 11.1 Å². The second kappa shape index (κ2) is 5.93. The first-order valence-electron chi connectivity index (χ1n) is 6.01. The average molecular weight is 295 g/mol. The molecule has 4 heteroatoms. The van der Waals surface area contributed by atoms with Crippen molar-refractivity contribution in [1.82, 2.24) is 5.43 Å². The van der Waals surface area contributed by atoms with E-state index in [0.717, 1.165) is 11.1 Å². The van der Waals surface area contributed by atoms with Gasteiger partial charge in [-0.25, -0.2) is 5.43 Å². The van der Waals surface area contributed by atoms with Crippen LogP contribution in [-0.2, 0) is 0 Å². The minimum absolute atomic E-state index is 0.148. The molecule has 0 amide bonds. The van der Waals surface area contributed by atoms with Crippen molar-refractivity contribution in [2.45, 2.75) is 19.9 Å². The van der Waals surface area contributed by atoms with Crippen molar-refractivity contribution < 1.29 is 0 Å². The van der Waals surface area contributed by atoms with Crippen LogP contribution in [0.25, 0.3) is 0 Å². The molecule has 0 aromatic heterocycles.